The van der Waals surface area contributed by atoms with Crippen molar-refractivity contribution in [1.82, 2.24) is 0 Å². The van der Waals surface area contributed by atoms with E-state index in [1.54, 1.807) is 0 Å². The summed E-state index contributed by atoms with van der Waals surface area (Å²) >= 11 is 0. The third kappa shape index (κ3) is 26.2. The van der Waals surface area contributed by atoms with Crippen LogP contribution in [0.25, 0.3) is 0 Å². The van der Waals surface area contributed by atoms with Crippen molar-refractivity contribution in [3.8, 4) is 0 Å². The van der Waals surface area contributed by atoms with E-state index in [0.29, 0.717) is 6.61 Å². The Morgan fingerprint density at radius 1 is 0.460 bits per heavy atom. The quantitative estimate of drug-likeness (QED) is 0.0237. The van der Waals surface area contributed by atoms with E-state index in [-0.39, 0.29) is 25.6 Å². The normalized spacial score (nSPS) is 26.9. The zero-order valence-corrected chi connectivity index (χ0v) is 39.6. The Balaban J connectivity index is 1.69. The van der Waals surface area contributed by atoms with Crippen LogP contribution in [-0.4, -0.2) is 142 Å². The lowest BCUT2D eigenvalue weighted by atomic mass is 9.98. The summed E-state index contributed by atoms with van der Waals surface area (Å²) in [5.41, 5.74) is 0. The summed E-state index contributed by atoms with van der Waals surface area (Å²) in [5.74, 6) is -0.372. The molecular formula is C49H94O14. The fourth-order valence-electron chi connectivity index (χ4n) is 8.40. The summed E-state index contributed by atoms with van der Waals surface area (Å²) in [7, 11) is 0. The van der Waals surface area contributed by atoms with E-state index in [4.69, 9.17) is 28.4 Å². The van der Waals surface area contributed by atoms with Gasteiger partial charge in [-0.15, -0.1) is 0 Å². The fourth-order valence-corrected chi connectivity index (χ4v) is 8.40. The predicted octanol–water partition coefficient (Wildman–Crippen LogP) is 7.30. The van der Waals surface area contributed by atoms with Crippen molar-refractivity contribution in [1.29, 1.82) is 0 Å². The van der Waals surface area contributed by atoms with E-state index in [1.807, 2.05) is 0 Å². The Kier molecular flexibility index (Phi) is 35.1. The van der Waals surface area contributed by atoms with E-state index in [1.165, 1.54) is 141 Å². The SMILES string of the molecule is CCCCCCCCCCCCCCCCCCCCCCCC(=O)OC(COCCCCCCCCCC)COC1OC(COC2OC(CO)C(O)C(O)C2O)C(O)C(O)C1O. The lowest BCUT2D eigenvalue weighted by molar-refractivity contribution is -0.332. The summed E-state index contributed by atoms with van der Waals surface area (Å²) in [5, 5.41) is 71.9. The first kappa shape index (κ1) is 58.1. The lowest BCUT2D eigenvalue weighted by Gasteiger charge is -2.42. The van der Waals surface area contributed by atoms with Crippen molar-refractivity contribution >= 4 is 5.97 Å². The van der Waals surface area contributed by atoms with Crippen LogP contribution >= 0.6 is 0 Å². The van der Waals surface area contributed by atoms with Crippen LogP contribution in [0.1, 0.15) is 206 Å². The molecule has 0 bridgehead atoms. The fraction of sp³-hybridized carbons (Fsp3) is 0.980. The topological polar surface area (TPSA) is 214 Å². The van der Waals surface area contributed by atoms with E-state index >= 15 is 0 Å². The molecule has 2 fully saturated rings. The highest BCUT2D eigenvalue weighted by atomic mass is 16.7. The lowest BCUT2D eigenvalue weighted by Crippen LogP contribution is -2.61. The maximum Gasteiger partial charge on any atom is 0.306 e. The van der Waals surface area contributed by atoms with Crippen molar-refractivity contribution in [2.75, 3.05) is 33.0 Å². The molecule has 2 saturated heterocycles. The van der Waals surface area contributed by atoms with Gasteiger partial charge in [0.15, 0.2) is 12.6 Å². The van der Waals surface area contributed by atoms with Gasteiger partial charge in [-0.2, -0.15) is 0 Å². The molecule has 0 radical (unpaired) electrons. The standard InChI is InChI=1S/C49H94O14/c1-3-5-7-9-11-13-14-15-16-17-18-19-20-21-22-23-24-25-26-28-30-32-41(51)61-38(35-58-33-31-29-27-12-10-8-6-4-2)36-59-48-47(57)45(55)43(53)40(63-48)37-60-49-46(56)44(54)42(52)39(34-50)62-49/h38-40,42-50,52-57H,3-37H2,1-2H3. The van der Waals surface area contributed by atoms with Gasteiger partial charge in [-0.25, -0.2) is 0 Å². The highest BCUT2D eigenvalue weighted by molar-refractivity contribution is 5.69. The van der Waals surface area contributed by atoms with Gasteiger partial charge in [-0.05, 0) is 12.8 Å². The van der Waals surface area contributed by atoms with E-state index in [0.717, 1.165) is 44.9 Å². The number of hydrogen-bond acceptors (Lipinski definition) is 14. The number of esters is 1. The first-order valence-electron chi connectivity index (χ1n) is 25.6. The Hall–Kier alpha value is -1.01. The number of unbranched alkanes of at least 4 members (excludes halogenated alkanes) is 27. The molecule has 63 heavy (non-hydrogen) atoms. The van der Waals surface area contributed by atoms with Gasteiger partial charge in [0.25, 0.3) is 0 Å². The molecule has 14 heteroatoms. The third-order valence-electron chi connectivity index (χ3n) is 12.6. The minimum atomic E-state index is -1.70. The molecule has 0 aromatic heterocycles. The summed E-state index contributed by atoms with van der Waals surface area (Å²) in [6.07, 6.45) is 20.4. The zero-order chi connectivity index (χ0) is 45.9. The summed E-state index contributed by atoms with van der Waals surface area (Å²) in [6, 6.07) is 0. The van der Waals surface area contributed by atoms with Crippen LogP contribution in [0.15, 0.2) is 0 Å². The van der Waals surface area contributed by atoms with Gasteiger partial charge in [0.05, 0.1) is 26.4 Å². The van der Waals surface area contributed by atoms with Crippen LogP contribution in [-0.2, 0) is 33.2 Å². The molecule has 2 aliphatic rings. The number of aliphatic hydroxyl groups excluding tert-OH is 7. The minimum Gasteiger partial charge on any atom is -0.457 e. The summed E-state index contributed by atoms with van der Waals surface area (Å²) in [4.78, 5) is 13.0. The van der Waals surface area contributed by atoms with E-state index in [2.05, 4.69) is 13.8 Å². The van der Waals surface area contributed by atoms with Crippen LogP contribution in [0.3, 0.4) is 0 Å². The molecule has 2 aliphatic heterocycles. The zero-order valence-electron chi connectivity index (χ0n) is 39.6. The molecule has 0 aromatic carbocycles. The van der Waals surface area contributed by atoms with Gasteiger partial charge < -0.3 is 64.2 Å². The first-order chi connectivity index (χ1) is 30.6. The van der Waals surface area contributed by atoms with E-state index in [9.17, 15) is 40.5 Å². The maximum absolute atomic E-state index is 13.0. The summed E-state index contributed by atoms with van der Waals surface area (Å²) in [6.45, 7) is 3.70. The average Bonchev–Trinajstić information content (AvgIpc) is 3.28. The molecular weight excluding hydrogens is 813 g/mol. The Morgan fingerprint density at radius 2 is 0.841 bits per heavy atom. The second-order valence-corrected chi connectivity index (χ2v) is 18.4. The molecule has 7 N–H and O–H groups in total. The molecule has 374 valence electrons. The van der Waals surface area contributed by atoms with Crippen molar-refractivity contribution in [2.24, 2.45) is 0 Å². The number of ether oxygens (including phenoxy) is 6. The largest absolute Gasteiger partial charge is 0.457 e. The van der Waals surface area contributed by atoms with Crippen LogP contribution in [0, 0.1) is 0 Å². The maximum atomic E-state index is 13.0. The molecule has 14 nitrogen and oxygen atoms in total. The van der Waals surface area contributed by atoms with Gasteiger partial charge in [0, 0.05) is 13.0 Å². The van der Waals surface area contributed by atoms with Gasteiger partial charge in [0.1, 0.15) is 54.9 Å². The predicted molar refractivity (Wildman–Crippen MR) is 243 cm³/mol. The monoisotopic (exact) mass is 907 g/mol. The smallest absolute Gasteiger partial charge is 0.306 e. The molecule has 0 amide bonds. The number of carbonyl (C=O) groups is 1. The molecule has 0 saturated carbocycles. The van der Waals surface area contributed by atoms with E-state index < -0.39 is 80.7 Å². The molecule has 0 spiro atoms. The molecule has 11 unspecified atom stereocenters. The number of carbonyl (C=O) groups excluding carboxylic acids is 1. The van der Waals surface area contributed by atoms with Crippen LogP contribution < -0.4 is 0 Å². The van der Waals surface area contributed by atoms with Crippen LogP contribution in [0.2, 0.25) is 0 Å². The van der Waals surface area contributed by atoms with Crippen molar-refractivity contribution in [3.63, 3.8) is 0 Å². The second-order valence-electron chi connectivity index (χ2n) is 18.4. The third-order valence-corrected chi connectivity index (χ3v) is 12.6. The molecule has 0 aliphatic carbocycles. The molecule has 11 atom stereocenters. The van der Waals surface area contributed by atoms with Crippen molar-refractivity contribution < 1.29 is 69.0 Å². The highest BCUT2D eigenvalue weighted by Gasteiger charge is 2.47. The Labute approximate surface area is 381 Å². The van der Waals surface area contributed by atoms with Gasteiger partial charge in [-0.1, -0.05) is 187 Å². The second kappa shape index (κ2) is 38.0. The Morgan fingerprint density at radius 3 is 1.29 bits per heavy atom. The van der Waals surface area contributed by atoms with Gasteiger partial charge >= 0.3 is 5.97 Å². The number of rotatable bonds is 41. The highest BCUT2D eigenvalue weighted by Crippen LogP contribution is 2.26. The van der Waals surface area contributed by atoms with Crippen molar-refractivity contribution in [2.45, 2.75) is 274 Å². The van der Waals surface area contributed by atoms with Crippen molar-refractivity contribution in [3.05, 3.63) is 0 Å². The summed E-state index contributed by atoms with van der Waals surface area (Å²) < 4.78 is 34.2. The van der Waals surface area contributed by atoms with Crippen LogP contribution in [0.5, 0.6) is 0 Å². The minimum absolute atomic E-state index is 0.0686. The molecule has 0 aromatic rings. The Bertz CT molecular complexity index is 1050. The van der Waals surface area contributed by atoms with Gasteiger partial charge in [0.2, 0.25) is 0 Å². The number of hydrogen-bond donors (Lipinski definition) is 7. The van der Waals surface area contributed by atoms with Gasteiger partial charge in [-0.3, -0.25) is 4.79 Å². The number of aliphatic hydroxyl groups is 7. The average molecular weight is 907 g/mol. The molecule has 2 rings (SSSR count). The van der Waals surface area contributed by atoms with Crippen LogP contribution in [0.4, 0.5) is 0 Å². The first-order valence-corrected chi connectivity index (χ1v) is 25.6. The molecule has 2 heterocycles.